The molecule has 0 spiro atoms. The van der Waals surface area contributed by atoms with Crippen LogP contribution in [0.4, 0.5) is 0 Å². The van der Waals surface area contributed by atoms with Crippen LogP contribution in [0.25, 0.3) is 0 Å². The molecule has 1 nitrogen and oxygen atoms in total. The van der Waals surface area contributed by atoms with Crippen LogP contribution in [0.1, 0.15) is 57.6 Å². The highest BCUT2D eigenvalue weighted by atomic mass is 16.3. The van der Waals surface area contributed by atoms with Crippen LogP contribution < -0.4 is 0 Å². The number of benzene rings is 1. The normalized spacial score (nSPS) is 21.1. The molecular weight excluding hydrogens is 208 g/mol. The molecule has 0 saturated carbocycles. The molecule has 0 aromatic heterocycles. The maximum Gasteiger partial charge on any atom is 0.0918 e. The second-order valence-corrected chi connectivity index (χ2v) is 6.09. The highest BCUT2D eigenvalue weighted by Crippen LogP contribution is 2.38. The van der Waals surface area contributed by atoms with Crippen LogP contribution in [0, 0.1) is 0 Å². The minimum Gasteiger partial charge on any atom is -0.512 e. The summed E-state index contributed by atoms with van der Waals surface area (Å²) in [6.45, 7) is 8.74. The third-order valence-electron chi connectivity index (χ3n) is 3.83. The molecule has 1 aliphatic carbocycles. The van der Waals surface area contributed by atoms with E-state index in [2.05, 4.69) is 45.0 Å². The van der Waals surface area contributed by atoms with E-state index >= 15 is 0 Å². The maximum absolute atomic E-state index is 9.69. The first-order valence-corrected chi connectivity index (χ1v) is 6.38. The lowest BCUT2D eigenvalue weighted by molar-refractivity contribution is 0.393. The van der Waals surface area contributed by atoms with E-state index in [1.54, 1.807) is 0 Å². The first-order valence-electron chi connectivity index (χ1n) is 6.38. The summed E-state index contributed by atoms with van der Waals surface area (Å²) in [7, 11) is 0. The van der Waals surface area contributed by atoms with Gasteiger partial charge < -0.3 is 5.11 Å². The van der Waals surface area contributed by atoms with Gasteiger partial charge in [0, 0.05) is 12.3 Å². The monoisotopic (exact) mass is 230 g/mol. The van der Waals surface area contributed by atoms with Crippen LogP contribution in [0.3, 0.4) is 0 Å². The fourth-order valence-corrected chi connectivity index (χ4v) is 2.53. The predicted molar refractivity (Wildman–Crippen MR) is 72.4 cm³/mol. The third kappa shape index (κ3) is 2.38. The molecule has 1 N–H and O–H groups in total. The lowest BCUT2D eigenvalue weighted by atomic mass is 9.85. The van der Waals surface area contributed by atoms with Gasteiger partial charge in [-0.2, -0.15) is 0 Å². The molecule has 92 valence electrons. The maximum atomic E-state index is 9.69. The predicted octanol–water partition coefficient (Wildman–Crippen LogP) is 4.69. The average molecular weight is 230 g/mol. The average Bonchev–Trinajstić information content (AvgIpc) is 2.59. The smallest absolute Gasteiger partial charge is 0.0918 e. The largest absolute Gasteiger partial charge is 0.512 e. The van der Waals surface area contributed by atoms with E-state index in [0.29, 0.717) is 11.7 Å². The second kappa shape index (κ2) is 4.21. The Morgan fingerprint density at radius 2 is 1.71 bits per heavy atom. The fourth-order valence-electron chi connectivity index (χ4n) is 2.53. The van der Waals surface area contributed by atoms with Crippen molar-refractivity contribution in [2.24, 2.45) is 0 Å². The third-order valence-corrected chi connectivity index (χ3v) is 3.83. The van der Waals surface area contributed by atoms with Crippen LogP contribution in [0.5, 0.6) is 0 Å². The van der Waals surface area contributed by atoms with Crippen LogP contribution in [0.15, 0.2) is 35.6 Å². The van der Waals surface area contributed by atoms with Crippen LogP contribution >= 0.6 is 0 Å². The Morgan fingerprint density at radius 3 is 2.12 bits per heavy atom. The van der Waals surface area contributed by atoms with Gasteiger partial charge in [-0.3, -0.25) is 0 Å². The number of hydrogen-bond donors (Lipinski definition) is 1. The van der Waals surface area contributed by atoms with E-state index in [0.717, 1.165) is 18.4 Å². The molecule has 1 aliphatic rings. The number of aliphatic hydroxyl groups is 1. The SMILES string of the molecule is CC1=C(O)CCC1c1ccc(C(C)(C)C)cc1. The van der Waals surface area contributed by atoms with Gasteiger partial charge in [0.15, 0.2) is 0 Å². The molecule has 0 aliphatic heterocycles. The second-order valence-electron chi connectivity index (χ2n) is 6.09. The highest BCUT2D eigenvalue weighted by molar-refractivity contribution is 5.36. The van der Waals surface area contributed by atoms with E-state index < -0.39 is 0 Å². The summed E-state index contributed by atoms with van der Waals surface area (Å²) < 4.78 is 0. The van der Waals surface area contributed by atoms with Crippen molar-refractivity contribution in [3.63, 3.8) is 0 Å². The molecule has 0 heterocycles. The zero-order chi connectivity index (χ0) is 12.6. The molecule has 1 aromatic carbocycles. The van der Waals surface area contributed by atoms with Crippen molar-refractivity contribution in [3.8, 4) is 0 Å². The summed E-state index contributed by atoms with van der Waals surface area (Å²) in [5, 5.41) is 9.69. The van der Waals surface area contributed by atoms with Gasteiger partial charge in [-0.15, -0.1) is 0 Å². The van der Waals surface area contributed by atoms with Crippen molar-refractivity contribution in [2.45, 2.75) is 51.9 Å². The molecule has 1 unspecified atom stereocenters. The zero-order valence-corrected chi connectivity index (χ0v) is 11.2. The van der Waals surface area contributed by atoms with Crippen molar-refractivity contribution in [1.29, 1.82) is 0 Å². The fraction of sp³-hybridized carbons (Fsp3) is 0.500. The summed E-state index contributed by atoms with van der Waals surface area (Å²) >= 11 is 0. The minimum absolute atomic E-state index is 0.210. The van der Waals surface area contributed by atoms with Gasteiger partial charge in [0.2, 0.25) is 0 Å². The Morgan fingerprint density at radius 1 is 1.12 bits per heavy atom. The van der Waals surface area contributed by atoms with Gasteiger partial charge in [0.05, 0.1) is 5.76 Å². The van der Waals surface area contributed by atoms with Crippen molar-refractivity contribution < 1.29 is 5.11 Å². The molecule has 1 heteroatoms. The van der Waals surface area contributed by atoms with Gasteiger partial charge in [0.1, 0.15) is 0 Å². The van der Waals surface area contributed by atoms with Crippen molar-refractivity contribution >= 4 is 0 Å². The Labute approximate surface area is 104 Å². The Bertz CT molecular complexity index is 432. The summed E-state index contributed by atoms with van der Waals surface area (Å²) in [5.41, 5.74) is 4.06. The van der Waals surface area contributed by atoms with Crippen LogP contribution in [-0.2, 0) is 5.41 Å². The van der Waals surface area contributed by atoms with Crippen LogP contribution in [0.2, 0.25) is 0 Å². The summed E-state index contributed by atoms with van der Waals surface area (Å²) in [6, 6.07) is 8.87. The van der Waals surface area contributed by atoms with Gasteiger partial charge >= 0.3 is 0 Å². The topological polar surface area (TPSA) is 20.2 Å². The van der Waals surface area contributed by atoms with Crippen molar-refractivity contribution in [3.05, 3.63) is 46.7 Å². The highest BCUT2D eigenvalue weighted by Gasteiger charge is 2.23. The quantitative estimate of drug-likeness (QED) is 0.741. The number of aliphatic hydroxyl groups excluding tert-OH is 1. The van der Waals surface area contributed by atoms with E-state index in [4.69, 9.17) is 0 Å². The molecular formula is C16H22O. The van der Waals surface area contributed by atoms with Gasteiger partial charge in [-0.25, -0.2) is 0 Å². The van der Waals surface area contributed by atoms with E-state index in [1.807, 2.05) is 6.92 Å². The molecule has 0 bridgehead atoms. The minimum atomic E-state index is 0.210. The van der Waals surface area contributed by atoms with E-state index in [-0.39, 0.29) is 5.41 Å². The molecule has 1 aromatic rings. The number of hydrogen-bond acceptors (Lipinski definition) is 1. The van der Waals surface area contributed by atoms with Crippen LogP contribution in [-0.4, -0.2) is 5.11 Å². The number of allylic oxidation sites excluding steroid dienone is 2. The van der Waals surface area contributed by atoms with Gasteiger partial charge in [-0.1, -0.05) is 45.0 Å². The molecule has 0 radical (unpaired) electrons. The lowest BCUT2D eigenvalue weighted by Gasteiger charge is -2.20. The van der Waals surface area contributed by atoms with Crippen molar-refractivity contribution in [1.82, 2.24) is 0 Å². The molecule has 0 saturated heterocycles. The van der Waals surface area contributed by atoms with E-state index in [9.17, 15) is 5.11 Å². The summed E-state index contributed by atoms with van der Waals surface area (Å²) in [4.78, 5) is 0. The van der Waals surface area contributed by atoms with E-state index in [1.165, 1.54) is 11.1 Å². The lowest BCUT2D eigenvalue weighted by Crippen LogP contribution is -2.11. The molecule has 1 atom stereocenters. The standard InChI is InChI=1S/C16H22O/c1-11-14(9-10-15(11)17)12-5-7-13(8-6-12)16(2,3)4/h5-8,14,17H,9-10H2,1-4H3. The first kappa shape index (κ1) is 12.2. The molecule has 0 fully saturated rings. The summed E-state index contributed by atoms with van der Waals surface area (Å²) in [5.74, 6) is 1.01. The summed E-state index contributed by atoms with van der Waals surface area (Å²) in [6.07, 6.45) is 1.88. The number of rotatable bonds is 1. The van der Waals surface area contributed by atoms with Crippen molar-refractivity contribution in [2.75, 3.05) is 0 Å². The molecule has 17 heavy (non-hydrogen) atoms. The molecule has 2 rings (SSSR count). The Hall–Kier alpha value is -1.24. The molecule has 0 amide bonds. The Balaban J connectivity index is 2.25. The van der Waals surface area contributed by atoms with Gasteiger partial charge in [-0.05, 0) is 35.5 Å². The van der Waals surface area contributed by atoms with Gasteiger partial charge in [0.25, 0.3) is 0 Å². The first-order chi connectivity index (χ1) is 7.89. The zero-order valence-electron chi connectivity index (χ0n) is 11.2. The Kier molecular flexibility index (Phi) is 3.03.